The molecular weight excluding hydrogens is 522 g/mol. The molecule has 2 aliphatic heterocycles. The minimum Gasteiger partial charge on any atom is -0.379 e. The van der Waals surface area contributed by atoms with Crippen LogP contribution in [0.25, 0.3) is 32.9 Å². The number of fused-ring (bicyclic) bond motifs is 3. The lowest BCUT2D eigenvalue weighted by Gasteiger charge is -2.26. The number of hydrogen-bond acceptors (Lipinski definition) is 5. The largest absolute Gasteiger partial charge is 0.379 e. The topological polar surface area (TPSA) is 91.5 Å². The molecule has 0 bridgehead atoms. The van der Waals surface area contributed by atoms with Gasteiger partial charge in [0.1, 0.15) is 10.6 Å². The van der Waals surface area contributed by atoms with Crippen LogP contribution in [0.1, 0.15) is 40.7 Å². The number of piperidine rings is 1. The number of benzene rings is 4. The van der Waals surface area contributed by atoms with Crippen molar-refractivity contribution in [3.05, 3.63) is 95.6 Å². The maximum Gasteiger partial charge on any atom is 0.339 e. The van der Waals surface area contributed by atoms with E-state index in [1.54, 1.807) is 36.4 Å². The molecule has 0 radical (unpaired) electrons. The van der Waals surface area contributed by atoms with E-state index in [4.69, 9.17) is 4.18 Å². The molecule has 0 saturated carbocycles. The molecule has 7 nitrogen and oxygen atoms in total. The molecule has 7 rings (SSSR count). The number of hydrogen-bond donors (Lipinski definition) is 2. The van der Waals surface area contributed by atoms with Crippen LogP contribution in [0.4, 0.5) is 0 Å². The molecule has 202 valence electrons. The fourth-order valence-corrected chi connectivity index (χ4v) is 7.18. The van der Waals surface area contributed by atoms with Crippen molar-refractivity contribution in [1.82, 2.24) is 15.2 Å². The van der Waals surface area contributed by atoms with Crippen molar-refractivity contribution in [1.29, 1.82) is 0 Å². The Morgan fingerprint density at radius 1 is 0.850 bits per heavy atom. The van der Waals surface area contributed by atoms with Gasteiger partial charge in [-0.15, -0.1) is 0 Å². The maximum atomic E-state index is 13.4. The van der Waals surface area contributed by atoms with E-state index in [-0.39, 0.29) is 23.1 Å². The zero-order valence-corrected chi connectivity index (χ0v) is 22.8. The second-order valence-corrected chi connectivity index (χ2v) is 12.1. The SMILES string of the molecule is O=C1NCc2c(OS(=O)(=O)c3cccc4ccccc34)ccc(-c3cc4cc(CN5CCCCC5)ccc4[nH]3)c21. The molecule has 3 heterocycles. The third-order valence-corrected chi connectivity index (χ3v) is 9.26. The second-order valence-electron chi connectivity index (χ2n) is 10.6. The minimum atomic E-state index is -4.14. The molecule has 5 aromatic rings. The van der Waals surface area contributed by atoms with E-state index in [0.717, 1.165) is 41.6 Å². The van der Waals surface area contributed by atoms with Crippen molar-refractivity contribution in [2.75, 3.05) is 13.1 Å². The molecule has 0 aliphatic carbocycles. The van der Waals surface area contributed by atoms with E-state index in [2.05, 4.69) is 39.5 Å². The van der Waals surface area contributed by atoms with E-state index >= 15 is 0 Å². The number of aromatic amines is 1. The lowest BCUT2D eigenvalue weighted by Crippen LogP contribution is -2.28. The van der Waals surface area contributed by atoms with Crippen LogP contribution in [-0.4, -0.2) is 37.3 Å². The van der Waals surface area contributed by atoms with E-state index in [0.29, 0.717) is 22.1 Å². The summed E-state index contributed by atoms with van der Waals surface area (Å²) in [5, 5.41) is 5.32. The first-order chi connectivity index (χ1) is 19.5. The number of amides is 1. The molecule has 0 atom stereocenters. The molecule has 0 unspecified atom stereocenters. The van der Waals surface area contributed by atoms with Gasteiger partial charge in [0, 0.05) is 46.2 Å². The number of aromatic nitrogens is 1. The van der Waals surface area contributed by atoms with Gasteiger partial charge in [0.2, 0.25) is 0 Å². The van der Waals surface area contributed by atoms with E-state index in [9.17, 15) is 13.2 Å². The Hall–Kier alpha value is -4.14. The number of carbonyl (C=O) groups is 1. The van der Waals surface area contributed by atoms with Gasteiger partial charge < -0.3 is 14.5 Å². The molecule has 1 amide bonds. The summed E-state index contributed by atoms with van der Waals surface area (Å²) in [6.45, 7) is 3.42. The Balaban J connectivity index is 1.23. The van der Waals surface area contributed by atoms with Crippen molar-refractivity contribution in [3.8, 4) is 17.0 Å². The Kier molecular flexibility index (Phi) is 6.09. The van der Waals surface area contributed by atoms with Crippen LogP contribution >= 0.6 is 0 Å². The third kappa shape index (κ3) is 4.43. The fourth-order valence-electron chi connectivity index (χ4n) is 6.00. The molecule has 1 fully saturated rings. The van der Waals surface area contributed by atoms with Gasteiger partial charge in [0.05, 0.1) is 5.56 Å². The molecule has 8 heteroatoms. The van der Waals surface area contributed by atoms with Crippen LogP contribution in [0, 0.1) is 0 Å². The highest BCUT2D eigenvalue weighted by Crippen LogP contribution is 2.38. The standard InChI is InChI=1S/C32H29N3O4S/c36-32-31-25(28-18-23-17-21(11-13-27(23)34-28)20-35-15-4-1-5-16-35)12-14-29(26(31)19-33-32)39-40(37,38)30-10-6-8-22-7-2-3-9-24(22)30/h2-3,6-14,17-18,34H,1,4-5,15-16,19-20H2,(H,33,36). The number of rotatable bonds is 6. The van der Waals surface area contributed by atoms with Crippen molar-refractivity contribution in [2.24, 2.45) is 0 Å². The zero-order valence-electron chi connectivity index (χ0n) is 21.9. The summed E-state index contributed by atoms with van der Waals surface area (Å²) in [6.07, 6.45) is 3.83. The quantitative estimate of drug-likeness (QED) is 0.253. The molecule has 40 heavy (non-hydrogen) atoms. The van der Waals surface area contributed by atoms with Crippen LogP contribution in [-0.2, 0) is 23.2 Å². The van der Waals surface area contributed by atoms with Crippen molar-refractivity contribution >= 4 is 37.7 Å². The average Bonchev–Trinajstić information content (AvgIpc) is 3.57. The highest BCUT2D eigenvalue weighted by Gasteiger charge is 2.30. The van der Waals surface area contributed by atoms with Gasteiger partial charge in [0.25, 0.3) is 5.91 Å². The highest BCUT2D eigenvalue weighted by atomic mass is 32.2. The Morgan fingerprint density at radius 3 is 2.55 bits per heavy atom. The van der Waals surface area contributed by atoms with Crippen molar-refractivity contribution in [3.63, 3.8) is 0 Å². The highest BCUT2D eigenvalue weighted by molar-refractivity contribution is 7.87. The first-order valence-electron chi connectivity index (χ1n) is 13.7. The normalized spacial score (nSPS) is 15.8. The molecular formula is C32H29N3O4S. The molecule has 2 N–H and O–H groups in total. The van der Waals surface area contributed by atoms with Gasteiger partial charge >= 0.3 is 10.1 Å². The van der Waals surface area contributed by atoms with Crippen molar-refractivity contribution in [2.45, 2.75) is 37.2 Å². The van der Waals surface area contributed by atoms with Gasteiger partial charge in [-0.05, 0) is 73.3 Å². The van der Waals surface area contributed by atoms with Gasteiger partial charge in [-0.25, -0.2) is 0 Å². The first kappa shape index (κ1) is 24.9. The monoisotopic (exact) mass is 551 g/mol. The summed E-state index contributed by atoms with van der Waals surface area (Å²) in [6, 6.07) is 24.3. The van der Waals surface area contributed by atoms with Gasteiger partial charge in [-0.2, -0.15) is 8.42 Å². The van der Waals surface area contributed by atoms with Crippen LogP contribution in [0.15, 0.2) is 83.8 Å². The van der Waals surface area contributed by atoms with Gasteiger partial charge in [0.15, 0.2) is 0 Å². The summed E-state index contributed by atoms with van der Waals surface area (Å²) >= 11 is 0. The Bertz CT molecular complexity index is 1880. The number of H-pyrrole nitrogens is 1. The average molecular weight is 552 g/mol. The predicted octanol–water partition coefficient (Wildman–Crippen LogP) is 5.99. The zero-order chi connectivity index (χ0) is 27.3. The summed E-state index contributed by atoms with van der Waals surface area (Å²) in [4.78, 5) is 19.0. The molecule has 4 aromatic carbocycles. The summed E-state index contributed by atoms with van der Waals surface area (Å²) in [5.74, 6) is -0.0904. The summed E-state index contributed by atoms with van der Waals surface area (Å²) in [7, 11) is -4.14. The maximum absolute atomic E-state index is 13.4. The van der Waals surface area contributed by atoms with Crippen LogP contribution in [0.3, 0.4) is 0 Å². The molecule has 1 aromatic heterocycles. The Morgan fingerprint density at radius 2 is 1.68 bits per heavy atom. The van der Waals surface area contributed by atoms with Crippen LogP contribution in [0.5, 0.6) is 5.75 Å². The smallest absolute Gasteiger partial charge is 0.339 e. The summed E-state index contributed by atoms with van der Waals surface area (Å²) in [5.41, 5.74) is 4.76. The first-order valence-corrected chi connectivity index (χ1v) is 15.1. The van der Waals surface area contributed by atoms with Gasteiger partial charge in [-0.3, -0.25) is 9.69 Å². The number of likely N-dealkylation sites (tertiary alicyclic amines) is 1. The number of nitrogens with zero attached hydrogens (tertiary/aromatic N) is 1. The van der Waals surface area contributed by atoms with E-state index in [1.165, 1.54) is 24.8 Å². The number of carbonyl (C=O) groups excluding carboxylic acids is 1. The molecule has 2 aliphatic rings. The third-order valence-electron chi connectivity index (χ3n) is 7.97. The second kappa shape index (κ2) is 9.80. The van der Waals surface area contributed by atoms with Crippen LogP contribution in [0.2, 0.25) is 0 Å². The van der Waals surface area contributed by atoms with Crippen molar-refractivity contribution < 1.29 is 17.4 Å². The lowest BCUT2D eigenvalue weighted by molar-refractivity contribution is 0.0966. The van der Waals surface area contributed by atoms with E-state index in [1.807, 2.05) is 18.2 Å². The summed E-state index contributed by atoms with van der Waals surface area (Å²) < 4.78 is 32.5. The van der Waals surface area contributed by atoms with E-state index < -0.39 is 10.1 Å². The molecule has 1 saturated heterocycles. The Labute approximate surface area is 232 Å². The van der Waals surface area contributed by atoms with Crippen LogP contribution < -0.4 is 9.50 Å². The van der Waals surface area contributed by atoms with Gasteiger partial charge in [-0.1, -0.05) is 48.9 Å². The lowest BCUT2D eigenvalue weighted by atomic mass is 9.99. The number of nitrogens with one attached hydrogen (secondary N) is 2. The predicted molar refractivity (Wildman–Crippen MR) is 156 cm³/mol. The fraction of sp³-hybridized carbons (Fsp3) is 0.219. The minimum absolute atomic E-state index is 0.0942. The molecule has 0 spiro atoms.